The maximum atomic E-state index is 12.6. The number of esters is 1. The van der Waals surface area contributed by atoms with Gasteiger partial charge in [-0.15, -0.1) is 10.2 Å². The number of ether oxygens (including phenoxy) is 1. The van der Waals surface area contributed by atoms with E-state index in [4.69, 9.17) is 0 Å². The van der Waals surface area contributed by atoms with Crippen LogP contribution in [0.2, 0.25) is 0 Å². The normalized spacial score (nSPS) is 11.1. The van der Waals surface area contributed by atoms with Crippen LogP contribution in [0.4, 0.5) is 11.4 Å². The molecule has 0 spiro atoms. The van der Waals surface area contributed by atoms with Crippen LogP contribution in [0, 0.1) is 13.8 Å². The Kier molecular flexibility index (Phi) is 4.89. The summed E-state index contributed by atoms with van der Waals surface area (Å²) >= 11 is 0. The number of H-pyrrole nitrogens is 1. The molecule has 0 aliphatic rings. The van der Waals surface area contributed by atoms with Gasteiger partial charge in [0.05, 0.1) is 24.1 Å². The molecule has 1 aromatic heterocycles. The molecule has 0 fully saturated rings. The predicted molar refractivity (Wildman–Crippen MR) is 99.5 cm³/mol. The number of hydrogen-bond donors (Lipinski definition) is 2. The van der Waals surface area contributed by atoms with E-state index in [1.54, 1.807) is 6.92 Å². The summed E-state index contributed by atoms with van der Waals surface area (Å²) < 4.78 is 5.97. The molecule has 0 unspecified atom stereocenters. The molecule has 2 N–H and O–H groups in total. The summed E-state index contributed by atoms with van der Waals surface area (Å²) in [5.41, 5.74) is 2.40. The van der Waals surface area contributed by atoms with Gasteiger partial charge in [0, 0.05) is 0 Å². The Bertz CT molecular complexity index is 1080. The maximum Gasteiger partial charge on any atom is 0.337 e. The van der Waals surface area contributed by atoms with E-state index in [1.807, 2.05) is 31.2 Å². The Morgan fingerprint density at radius 2 is 1.81 bits per heavy atom. The molecule has 27 heavy (non-hydrogen) atoms. The number of azo groups is 1. The van der Waals surface area contributed by atoms with Gasteiger partial charge < -0.3 is 9.84 Å². The van der Waals surface area contributed by atoms with Gasteiger partial charge in [0.2, 0.25) is 0 Å². The Morgan fingerprint density at radius 3 is 2.44 bits per heavy atom. The van der Waals surface area contributed by atoms with E-state index < -0.39 is 5.97 Å². The number of phenols is 1. The molecule has 0 amide bonds. The number of nitrogens with zero attached hydrogens (tertiary/aromatic N) is 3. The number of aromatic hydroxyl groups is 1. The van der Waals surface area contributed by atoms with E-state index in [1.165, 1.54) is 30.0 Å². The molecule has 138 valence electrons. The standard InChI is InChI=1S/C19H18N4O4/c1-11-4-7-14(8-5-11)23-18(25)17(12(2)22-23)21-20-15-9-6-13(10-16(15)24)19(26)27-3/h4-10,22,24H,1-3H3. The highest BCUT2D eigenvalue weighted by Crippen LogP contribution is 2.29. The van der Waals surface area contributed by atoms with Crippen LogP contribution in [-0.2, 0) is 4.74 Å². The molecule has 3 aromatic rings. The molecule has 0 aliphatic heterocycles. The molecule has 3 rings (SSSR count). The smallest absolute Gasteiger partial charge is 0.337 e. The number of carbonyl (C=O) groups is 1. The number of aromatic nitrogens is 2. The number of hydrogen-bond acceptors (Lipinski definition) is 6. The first-order valence-corrected chi connectivity index (χ1v) is 8.12. The number of nitrogens with one attached hydrogen (secondary N) is 1. The van der Waals surface area contributed by atoms with Crippen LogP contribution in [0.15, 0.2) is 57.5 Å². The van der Waals surface area contributed by atoms with Gasteiger partial charge in [-0.1, -0.05) is 17.7 Å². The second-order valence-corrected chi connectivity index (χ2v) is 5.96. The monoisotopic (exact) mass is 366 g/mol. The number of methoxy groups -OCH3 is 1. The molecule has 0 bridgehead atoms. The average molecular weight is 366 g/mol. The molecule has 0 atom stereocenters. The van der Waals surface area contributed by atoms with Gasteiger partial charge >= 0.3 is 5.97 Å². The summed E-state index contributed by atoms with van der Waals surface area (Å²) in [5.74, 6) is -0.815. The molecular weight excluding hydrogens is 348 g/mol. The summed E-state index contributed by atoms with van der Waals surface area (Å²) in [6.07, 6.45) is 0. The Balaban J connectivity index is 1.93. The summed E-state index contributed by atoms with van der Waals surface area (Å²) in [7, 11) is 1.25. The lowest BCUT2D eigenvalue weighted by molar-refractivity contribution is 0.0600. The quantitative estimate of drug-likeness (QED) is 0.542. The summed E-state index contributed by atoms with van der Waals surface area (Å²) in [5, 5.41) is 20.9. The minimum absolute atomic E-state index is 0.129. The molecule has 0 radical (unpaired) electrons. The first-order valence-electron chi connectivity index (χ1n) is 8.12. The summed E-state index contributed by atoms with van der Waals surface area (Å²) in [6, 6.07) is 11.6. The molecule has 8 nitrogen and oxygen atoms in total. The molecule has 0 saturated carbocycles. The van der Waals surface area contributed by atoms with E-state index in [2.05, 4.69) is 20.1 Å². The van der Waals surface area contributed by atoms with Gasteiger partial charge in [0.15, 0.2) is 5.69 Å². The largest absolute Gasteiger partial charge is 0.506 e. The third-order valence-corrected chi connectivity index (χ3v) is 3.99. The van der Waals surface area contributed by atoms with Crippen molar-refractivity contribution < 1.29 is 14.6 Å². The molecular formula is C19H18N4O4. The van der Waals surface area contributed by atoms with Gasteiger partial charge in [-0.25, -0.2) is 9.48 Å². The van der Waals surface area contributed by atoms with E-state index in [0.717, 1.165) is 5.56 Å². The SMILES string of the molecule is COC(=O)c1ccc(N=Nc2c(C)[nH]n(-c3ccc(C)cc3)c2=O)c(O)c1. The van der Waals surface area contributed by atoms with E-state index in [0.29, 0.717) is 11.4 Å². The third-order valence-electron chi connectivity index (χ3n) is 3.99. The van der Waals surface area contributed by atoms with Gasteiger partial charge in [-0.2, -0.15) is 0 Å². The maximum absolute atomic E-state index is 12.6. The molecule has 0 saturated heterocycles. The van der Waals surface area contributed by atoms with Crippen LogP contribution in [0.1, 0.15) is 21.6 Å². The molecule has 2 aromatic carbocycles. The number of aromatic amines is 1. The number of aryl methyl sites for hydroxylation is 2. The van der Waals surface area contributed by atoms with Crippen molar-refractivity contribution >= 4 is 17.3 Å². The highest BCUT2D eigenvalue weighted by Gasteiger charge is 2.13. The van der Waals surface area contributed by atoms with Gasteiger partial charge in [-0.3, -0.25) is 9.89 Å². The minimum atomic E-state index is -0.573. The van der Waals surface area contributed by atoms with Crippen molar-refractivity contribution in [1.82, 2.24) is 9.78 Å². The summed E-state index contributed by atoms with van der Waals surface area (Å²) in [4.78, 5) is 24.1. The van der Waals surface area contributed by atoms with Crippen LogP contribution >= 0.6 is 0 Å². The predicted octanol–water partition coefficient (Wildman–Crippen LogP) is 3.69. The topological polar surface area (TPSA) is 109 Å². The Labute approximate surface area is 154 Å². The van der Waals surface area contributed by atoms with Gasteiger partial charge in [0.25, 0.3) is 5.56 Å². The zero-order valence-corrected chi connectivity index (χ0v) is 15.1. The van der Waals surface area contributed by atoms with Crippen LogP contribution in [0.25, 0.3) is 5.69 Å². The van der Waals surface area contributed by atoms with Crippen LogP contribution < -0.4 is 5.56 Å². The second-order valence-electron chi connectivity index (χ2n) is 5.96. The van der Waals surface area contributed by atoms with Crippen molar-refractivity contribution in [2.24, 2.45) is 10.2 Å². The minimum Gasteiger partial charge on any atom is -0.506 e. The van der Waals surface area contributed by atoms with Crippen molar-refractivity contribution in [3.63, 3.8) is 0 Å². The van der Waals surface area contributed by atoms with Crippen molar-refractivity contribution in [2.45, 2.75) is 13.8 Å². The second kappa shape index (κ2) is 7.28. The van der Waals surface area contributed by atoms with E-state index in [-0.39, 0.29) is 28.2 Å². The van der Waals surface area contributed by atoms with E-state index >= 15 is 0 Å². The lowest BCUT2D eigenvalue weighted by atomic mass is 10.2. The van der Waals surface area contributed by atoms with Crippen LogP contribution in [-0.4, -0.2) is 28.0 Å². The average Bonchev–Trinajstić information content (AvgIpc) is 2.94. The number of phenolic OH excluding ortho intramolecular Hbond substituents is 1. The fraction of sp³-hybridized carbons (Fsp3) is 0.158. The number of rotatable bonds is 4. The fourth-order valence-corrected chi connectivity index (χ4v) is 2.49. The van der Waals surface area contributed by atoms with E-state index in [9.17, 15) is 14.7 Å². The fourth-order valence-electron chi connectivity index (χ4n) is 2.49. The number of benzene rings is 2. The van der Waals surface area contributed by atoms with Crippen LogP contribution in [0.5, 0.6) is 5.75 Å². The Hall–Kier alpha value is -3.68. The first kappa shape index (κ1) is 18.1. The molecule has 8 heteroatoms. The van der Waals surface area contributed by atoms with Gasteiger partial charge in [-0.05, 0) is 44.2 Å². The highest BCUT2D eigenvalue weighted by molar-refractivity contribution is 5.90. The third kappa shape index (κ3) is 3.64. The zero-order valence-electron chi connectivity index (χ0n) is 15.1. The van der Waals surface area contributed by atoms with Crippen molar-refractivity contribution in [2.75, 3.05) is 7.11 Å². The van der Waals surface area contributed by atoms with Crippen LogP contribution in [0.3, 0.4) is 0 Å². The lowest BCUT2D eigenvalue weighted by Gasteiger charge is -2.01. The van der Waals surface area contributed by atoms with Crippen molar-refractivity contribution in [3.05, 3.63) is 69.6 Å². The molecule has 1 heterocycles. The number of carbonyl (C=O) groups excluding carboxylic acids is 1. The summed E-state index contributed by atoms with van der Waals surface area (Å²) in [6.45, 7) is 3.67. The lowest BCUT2D eigenvalue weighted by Crippen LogP contribution is -2.13. The van der Waals surface area contributed by atoms with Gasteiger partial charge in [0.1, 0.15) is 11.4 Å². The Morgan fingerprint density at radius 1 is 1.11 bits per heavy atom. The molecule has 0 aliphatic carbocycles. The highest BCUT2D eigenvalue weighted by atomic mass is 16.5. The zero-order chi connectivity index (χ0) is 19.6. The van der Waals surface area contributed by atoms with Crippen molar-refractivity contribution in [1.29, 1.82) is 0 Å². The first-order chi connectivity index (χ1) is 12.9. The van der Waals surface area contributed by atoms with Crippen molar-refractivity contribution in [3.8, 4) is 11.4 Å².